The first kappa shape index (κ1) is 22.7. The SMILES string of the molecule is Cc1cc(CN2CCN(C(=O)CC3CCC3)[C@@H](C)C2)c(C)c(Nc2nnc(C(C)O)o2)c1. The largest absolute Gasteiger partial charge is 0.405 e. The molecule has 0 radical (unpaired) electrons. The molecule has 1 amide bonds. The number of carbonyl (C=O) groups is 1. The van der Waals surface area contributed by atoms with E-state index in [2.05, 4.69) is 58.2 Å². The van der Waals surface area contributed by atoms with Crippen LogP contribution in [0.15, 0.2) is 16.5 Å². The van der Waals surface area contributed by atoms with Gasteiger partial charge in [-0.2, -0.15) is 0 Å². The standard InChI is InChI=1S/C24H35N5O3/c1-15-10-20(17(3)21(11-15)25-24-27-26-23(32-24)18(4)30)14-28-8-9-29(16(2)13-28)22(31)12-19-6-5-7-19/h10-11,16,18-19,30H,5-9,12-14H2,1-4H3,(H,25,27)/t16-,18?/m0/s1. The van der Waals surface area contributed by atoms with Gasteiger partial charge in [0.05, 0.1) is 0 Å². The molecule has 1 aliphatic carbocycles. The second-order valence-corrected chi connectivity index (χ2v) is 9.52. The number of rotatable bonds is 7. The van der Waals surface area contributed by atoms with Gasteiger partial charge in [-0.3, -0.25) is 9.69 Å². The number of aliphatic hydroxyl groups excluding tert-OH is 1. The van der Waals surface area contributed by atoms with Gasteiger partial charge in [0.2, 0.25) is 11.8 Å². The Labute approximate surface area is 190 Å². The van der Waals surface area contributed by atoms with Crippen LogP contribution < -0.4 is 5.32 Å². The van der Waals surface area contributed by atoms with Crippen molar-refractivity contribution in [1.82, 2.24) is 20.0 Å². The third-order valence-electron chi connectivity index (χ3n) is 6.81. The van der Waals surface area contributed by atoms with Crippen molar-refractivity contribution in [3.05, 3.63) is 34.7 Å². The Morgan fingerprint density at radius 2 is 2.06 bits per heavy atom. The molecule has 2 aliphatic rings. The van der Waals surface area contributed by atoms with Gasteiger partial charge >= 0.3 is 6.01 Å². The van der Waals surface area contributed by atoms with Gasteiger partial charge in [-0.1, -0.05) is 17.6 Å². The van der Waals surface area contributed by atoms with Crippen LogP contribution in [0.25, 0.3) is 0 Å². The van der Waals surface area contributed by atoms with Crippen LogP contribution in [-0.2, 0) is 11.3 Å². The molecule has 1 aromatic heterocycles. The molecule has 1 aliphatic heterocycles. The fraction of sp³-hybridized carbons (Fsp3) is 0.625. The van der Waals surface area contributed by atoms with Crippen molar-refractivity contribution in [2.45, 2.75) is 72.1 Å². The number of aryl methyl sites for hydroxylation is 1. The maximum Gasteiger partial charge on any atom is 0.320 e. The number of nitrogens with zero attached hydrogens (tertiary/aromatic N) is 4. The van der Waals surface area contributed by atoms with Crippen LogP contribution in [-0.4, -0.2) is 56.7 Å². The normalized spacial score (nSPS) is 20.8. The summed E-state index contributed by atoms with van der Waals surface area (Å²) >= 11 is 0. The molecule has 2 heterocycles. The van der Waals surface area contributed by atoms with Crippen molar-refractivity contribution < 1.29 is 14.3 Å². The predicted molar refractivity (Wildman–Crippen MR) is 123 cm³/mol. The van der Waals surface area contributed by atoms with Gasteiger partial charge in [0.1, 0.15) is 6.10 Å². The van der Waals surface area contributed by atoms with Crippen LogP contribution in [0.1, 0.15) is 68.2 Å². The van der Waals surface area contributed by atoms with Gasteiger partial charge < -0.3 is 19.7 Å². The fourth-order valence-corrected chi connectivity index (χ4v) is 4.65. The first-order chi connectivity index (χ1) is 15.3. The summed E-state index contributed by atoms with van der Waals surface area (Å²) in [5.74, 6) is 1.14. The Kier molecular flexibility index (Phi) is 6.81. The molecule has 174 valence electrons. The minimum absolute atomic E-state index is 0.191. The molecule has 2 N–H and O–H groups in total. The Balaban J connectivity index is 1.40. The highest BCUT2D eigenvalue weighted by atomic mass is 16.4. The number of amides is 1. The van der Waals surface area contributed by atoms with Crippen molar-refractivity contribution in [3.8, 4) is 0 Å². The lowest BCUT2D eigenvalue weighted by Gasteiger charge is -2.41. The van der Waals surface area contributed by atoms with Gasteiger partial charge in [-0.25, -0.2) is 0 Å². The summed E-state index contributed by atoms with van der Waals surface area (Å²) in [6.07, 6.45) is 3.64. The number of benzene rings is 1. The van der Waals surface area contributed by atoms with E-state index in [4.69, 9.17) is 4.42 Å². The van der Waals surface area contributed by atoms with Gasteiger partial charge in [0.15, 0.2) is 0 Å². The second kappa shape index (κ2) is 9.58. The third kappa shape index (κ3) is 5.13. The van der Waals surface area contributed by atoms with E-state index >= 15 is 0 Å². The topological polar surface area (TPSA) is 94.7 Å². The first-order valence-electron chi connectivity index (χ1n) is 11.7. The molecule has 1 aromatic carbocycles. The lowest BCUT2D eigenvalue weighted by molar-refractivity contribution is -0.137. The first-order valence-corrected chi connectivity index (χ1v) is 11.7. The molecular formula is C24H35N5O3. The molecular weight excluding hydrogens is 406 g/mol. The highest BCUT2D eigenvalue weighted by Gasteiger charge is 2.30. The molecule has 4 rings (SSSR count). The van der Waals surface area contributed by atoms with Crippen molar-refractivity contribution in [2.24, 2.45) is 5.92 Å². The summed E-state index contributed by atoms with van der Waals surface area (Å²) in [6, 6.07) is 4.78. The number of hydrogen-bond acceptors (Lipinski definition) is 7. The maximum absolute atomic E-state index is 12.7. The van der Waals surface area contributed by atoms with Crippen molar-refractivity contribution in [2.75, 3.05) is 25.0 Å². The van der Waals surface area contributed by atoms with Crippen LogP contribution in [0.3, 0.4) is 0 Å². The predicted octanol–water partition coefficient (Wildman–Crippen LogP) is 3.71. The van der Waals surface area contributed by atoms with Crippen LogP contribution in [0, 0.1) is 19.8 Å². The zero-order valence-electron chi connectivity index (χ0n) is 19.6. The van der Waals surface area contributed by atoms with Crippen LogP contribution in [0.5, 0.6) is 0 Å². The van der Waals surface area contributed by atoms with Gasteiger partial charge in [-0.05, 0) is 69.2 Å². The zero-order chi connectivity index (χ0) is 22.8. The number of aliphatic hydroxyl groups is 1. The zero-order valence-corrected chi connectivity index (χ0v) is 19.6. The summed E-state index contributed by atoms with van der Waals surface area (Å²) in [7, 11) is 0. The molecule has 8 heteroatoms. The van der Waals surface area contributed by atoms with E-state index in [0.717, 1.165) is 49.4 Å². The monoisotopic (exact) mass is 441 g/mol. The number of anilines is 2. The van der Waals surface area contributed by atoms with Crippen LogP contribution in [0.4, 0.5) is 11.7 Å². The van der Waals surface area contributed by atoms with E-state index in [0.29, 0.717) is 11.8 Å². The number of piperazine rings is 1. The van der Waals surface area contributed by atoms with E-state index in [-0.39, 0.29) is 17.9 Å². The number of carbonyl (C=O) groups excluding carboxylic acids is 1. The van der Waals surface area contributed by atoms with Crippen molar-refractivity contribution >= 4 is 17.6 Å². The minimum Gasteiger partial charge on any atom is -0.405 e. The Hall–Kier alpha value is -2.45. The van der Waals surface area contributed by atoms with E-state index in [1.54, 1.807) is 6.92 Å². The summed E-state index contributed by atoms with van der Waals surface area (Å²) in [5, 5.41) is 20.7. The second-order valence-electron chi connectivity index (χ2n) is 9.52. The molecule has 1 unspecified atom stereocenters. The summed E-state index contributed by atoms with van der Waals surface area (Å²) < 4.78 is 5.49. The molecule has 1 saturated heterocycles. The average molecular weight is 442 g/mol. The maximum atomic E-state index is 12.7. The van der Waals surface area contributed by atoms with Gasteiger partial charge in [0, 0.05) is 44.3 Å². The van der Waals surface area contributed by atoms with Crippen molar-refractivity contribution in [1.29, 1.82) is 0 Å². The molecule has 8 nitrogen and oxygen atoms in total. The molecule has 1 saturated carbocycles. The van der Waals surface area contributed by atoms with Crippen LogP contribution in [0.2, 0.25) is 0 Å². The van der Waals surface area contributed by atoms with Crippen molar-refractivity contribution in [3.63, 3.8) is 0 Å². The summed E-state index contributed by atoms with van der Waals surface area (Å²) in [4.78, 5) is 17.2. The van der Waals surface area contributed by atoms with Crippen LogP contribution >= 0.6 is 0 Å². The molecule has 2 atom stereocenters. The quantitative estimate of drug-likeness (QED) is 0.676. The summed E-state index contributed by atoms with van der Waals surface area (Å²) in [5.41, 5.74) is 4.43. The van der Waals surface area contributed by atoms with E-state index < -0.39 is 6.10 Å². The highest BCUT2D eigenvalue weighted by Crippen LogP contribution is 2.31. The Morgan fingerprint density at radius 1 is 1.28 bits per heavy atom. The minimum atomic E-state index is -0.798. The van der Waals surface area contributed by atoms with E-state index in [1.165, 1.54) is 24.8 Å². The Morgan fingerprint density at radius 3 is 2.69 bits per heavy atom. The summed E-state index contributed by atoms with van der Waals surface area (Å²) in [6.45, 7) is 11.3. The fourth-order valence-electron chi connectivity index (χ4n) is 4.65. The molecule has 0 bridgehead atoms. The molecule has 32 heavy (non-hydrogen) atoms. The Bertz CT molecular complexity index is 953. The number of nitrogens with one attached hydrogen (secondary N) is 1. The number of aromatic nitrogens is 2. The molecule has 2 fully saturated rings. The lowest BCUT2D eigenvalue weighted by Crippen LogP contribution is -2.54. The lowest BCUT2D eigenvalue weighted by atomic mass is 9.82. The third-order valence-corrected chi connectivity index (χ3v) is 6.81. The molecule has 2 aromatic rings. The highest BCUT2D eigenvalue weighted by molar-refractivity contribution is 5.77. The molecule has 0 spiro atoms. The average Bonchev–Trinajstić information content (AvgIpc) is 3.17. The van der Waals surface area contributed by atoms with E-state index in [1.807, 2.05) is 0 Å². The van der Waals surface area contributed by atoms with E-state index in [9.17, 15) is 9.90 Å². The smallest absolute Gasteiger partial charge is 0.320 e. The van der Waals surface area contributed by atoms with Gasteiger partial charge in [0.25, 0.3) is 0 Å². The van der Waals surface area contributed by atoms with Gasteiger partial charge in [-0.15, -0.1) is 5.10 Å². The number of hydrogen-bond donors (Lipinski definition) is 2.